The van der Waals surface area contributed by atoms with Crippen LogP contribution in [0.3, 0.4) is 0 Å². The molecular weight excluding hydrogens is 234 g/mol. The summed E-state index contributed by atoms with van der Waals surface area (Å²) in [7, 11) is 1.88. The van der Waals surface area contributed by atoms with Gasteiger partial charge in [-0.25, -0.2) is 0 Å². The Labute approximate surface area is 115 Å². The molecule has 0 atom stereocenters. The Kier molecular flexibility index (Phi) is 3.65. The minimum absolute atomic E-state index is 0.468. The van der Waals surface area contributed by atoms with Crippen LogP contribution in [-0.4, -0.2) is 9.78 Å². The first-order chi connectivity index (χ1) is 8.91. The lowest BCUT2D eigenvalue weighted by Crippen LogP contribution is -2.00. The number of aromatic nitrogens is 2. The zero-order valence-corrected chi connectivity index (χ0v) is 12.4. The van der Waals surface area contributed by atoms with Gasteiger partial charge in [0.25, 0.3) is 0 Å². The highest BCUT2D eigenvalue weighted by Crippen LogP contribution is 2.34. The highest BCUT2D eigenvalue weighted by atomic mass is 15.3. The standard InChI is InChI=1S/C16H23N3/c1-10(2)12-6-7-13(11(3)4)14(8-12)15-9-18-19(5)16(15)17/h6-11H,17H2,1-5H3. The summed E-state index contributed by atoms with van der Waals surface area (Å²) in [6.45, 7) is 8.84. The number of nitrogen functional groups attached to an aromatic ring is 1. The predicted octanol–water partition coefficient (Wildman–Crippen LogP) is 3.92. The Balaban J connectivity index is 2.64. The second-order valence-corrected chi connectivity index (χ2v) is 5.72. The zero-order valence-electron chi connectivity index (χ0n) is 12.4. The maximum absolute atomic E-state index is 6.13. The molecule has 2 aromatic rings. The van der Waals surface area contributed by atoms with Crippen molar-refractivity contribution in [1.29, 1.82) is 0 Å². The third-order valence-corrected chi connectivity index (χ3v) is 3.64. The average Bonchev–Trinajstić information content (AvgIpc) is 2.69. The van der Waals surface area contributed by atoms with Gasteiger partial charge in [-0.2, -0.15) is 5.10 Å². The van der Waals surface area contributed by atoms with Crippen molar-refractivity contribution in [3.05, 3.63) is 35.5 Å². The van der Waals surface area contributed by atoms with Gasteiger partial charge in [0.1, 0.15) is 5.82 Å². The molecule has 19 heavy (non-hydrogen) atoms. The van der Waals surface area contributed by atoms with Gasteiger partial charge >= 0.3 is 0 Å². The van der Waals surface area contributed by atoms with Crippen molar-refractivity contribution < 1.29 is 0 Å². The molecule has 0 spiro atoms. The summed E-state index contributed by atoms with van der Waals surface area (Å²) in [6.07, 6.45) is 1.86. The number of hydrogen-bond acceptors (Lipinski definition) is 2. The molecule has 1 aromatic carbocycles. The smallest absolute Gasteiger partial charge is 0.129 e. The van der Waals surface area contributed by atoms with E-state index in [0.717, 1.165) is 11.4 Å². The normalized spacial score (nSPS) is 11.5. The fraction of sp³-hybridized carbons (Fsp3) is 0.438. The maximum atomic E-state index is 6.13. The van der Waals surface area contributed by atoms with E-state index in [1.165, 1.54) is 16.7 Å². The summed E-state index contributed by atoms with van der Waals surface area (Å²) in [4.78, 5) is 0. The Bertz CT molecular complexity index is 580. The fourth-order valence-corrected chi connectivity index (χ4v) is 2.32. The molecule has 0 bridgehead atoms. The van der Waals surface area contributed by atoms with E-state index in [2.05, 4.69) is 51.0 Å². The van der Waals surface area contributed by atoms with E-state index in [1.807, 2.05) is 13.2 Å². The summed E-state index contributed by atoms with van der Waals surface area (Å²) in [6, 6.07) is 6.70. The van der Waals surface area contributed by atoms with Crippen molar-refractivity contribution in [2.75, 3.05) is 5.73 Å². The highest BCUT2D eigenvalue weighted by molar-refractivity contribution is 5.77. The molecule has 0 radical (unpaired) electrons. The van der Waals surface area contributed by atoms with Gasteiger partial charge < -0.3 is 5.73 Å². The Morgan fingerprint density at radius 1 is 1.05 bits per heavy atom. The Morgan fingerprint density at radius 2 is 1.74 bits per heavy atom. The number of benzene rings is 1. The van der Waals surface area contributed by atoms with Crippen molar-refractivity contribution in [3.63, 3.8) is 0 Å². The van der Waals surface area contributed by atoms with Crippen molar-refractivity contribution >= 4 is 5.82 Å². The number of hydrogen-bond donors (Lipinski definition) is 1. The minimum atomic E-state index is 0.468. The van der Waals surface area contributed by atoms with E-state index in [-0.39, 0.29) is 0 Å². The molecule has 0 saturated carbocycles. The lowest BCUT2D eigenvalue weighted by molar-refractivity contribution is 0.779. The van der Waals surface area contributed by atoms with Gasteiger partial charge in [0.2, 0.25) is 0 Å². The lowest BCUT2D eigenvalue weighted by Gasteiger charge is -2.16. The number of aryl methyl sites for hydroxylation is 1. The number of anilines is 1. The summed E-state index contributed by atoms with van der Waals surface area (Å²) >= 11 is 0. The summed E-state index contributed by atoms with van der Waals surface area (Å²) in [5.74, 6) is 1.71. The molecule has 0 amide bonds. The van der Waals surface area contributed by atoms with Gasteiger partial charge in [0, 0.05) is 12.6 Å². The second-order valence-electron chi connectivity index (χ2n) is 5.72. The third-order valence-electron chi connectivity index (χ3n) is 3.64. The van der Waals surface area contributed by atoms with E-state index < -0.39 is 0 Å². The average molecular weight is 257 g/mol. The van der Waals surface area contributed by atoms with Gasteiger partial charge in [-0.3, -0.25) is 4.68 Å². The maximum Gasteiger partial charge on any atom is 0.129 e. The SMILES string of the molecule is CC(C)c1ccc(C(C)C)c(-c2cnn(C)c2N)c1. The number of rotatable bonds is 3. The van der Waals surface area contributed by atoms with Crippen LogP contribution < -0.4 is 5.73 Å². The van der Waals surface area contributed by atoms with Crippen LogP contribution in [0.15, 0.2) is 24.4 Å². The van der Waals surface area contributed by atoms with Crippen LogP contribution >= 0.6 is 0 Å². The van der Waals surface area contributed by atoms with Crippen LogP contribution in [0, 0.1) is 0 Å². The first-order valence-electron chi connectivity index (χ1n) is 6.83. The van der Waals surface area contributed by atoms with Gasteiger partial charge in [0.15, 0.2) is 0 Å². The number of nitrogens with zero attached hydrogens (tertiary/aromatic N) is 2. The molecule has 102 valence electrons. The molecule has 0 saturated heterocycles. The van der Waals surface area contributed by atoms with Crippen molar-refractivity contribution in [2.24, 2.45) is 7.05 Å². The largest absolute Gasteiger partial charge is 0.383 e. The van der Waals surface area contributed by atoms with Crippen LogP contribution in [0.1, 0.15) is 50.7 Å². The minimum Gasteiger partial charge on any atom is -0.383 e. The molecule has 0 aliphatic carbocycles. The molecular formula is C16H23N3. The van der Waals surface area contributed by atoms with Gasteiger partial charge in [0.05, 0.1) is 6.20 Å². The van der Waals surface area contributed by atoms with E-state index in [4.69, 9.17) is 5.73 Å². The van der Waals surface area contributed by atoms with Crippen molar-refractivity contribution in [3.8, 4) is 11.1 Å². The molecule has 2 N–H and O–H groups in total. The van der Waals surface area contributed by atoms with E-state index in [0.29, 0.717) is 11.8 Å². The molecule has 1 heterocycles. The van der Waals surface area contributed by atoms with Gasteiger partial charge in [-0.15, -0.1) is 0 Å². The molecule has 0 aliphatic heterocycles. The van der Waals surface area contributed by atoms with Crippen LogP contribution in [0.2, 0.25) is 0 Å². The second kappa shape index (κ2) is 5.08. The molecule has 0 aliphatic rings. The Hall–Kier alpha value is -1.77. The van der Waals surface area contributed by atoms with Crippen LogP contribution in [-0.2, 0) is 7.05 Å². The molecule has 0 fully saturated rings. The monoisotopic (exact) mass is 257 g/mol. The first-order valence-corrected chi connectivity index (χ1v) is 6.83. The van der Waals surface area contributed by atoms with Crippen molar-refractivity contribution in [1.82, 2.24) is 9.78 Å². The van der Waals surface area contributed by atoms with E-state index in [9.17, 15) is 0 Å². The van der Waals surface area contributed by atoms with Crippen LogP contribution in [0.5, 0.6) is 0 Å². The molecule has 3 heteroatoms. The quantitative estimate of drug-likeness (QED) is 0.905. The number of nitrogens with two attached hydrogens (primary N) is 1. The summed E-state index contributed by atoms with van der Waals surface area (Å²) in [5, 5.41) is 4.26. The predicted molar refractivity (Wildman–Crippen MR) is 81.2 cm³/mol. The van der Waals surface area contributed by atoms with E-state index >= 15 is 0 Å². The first kappa shape index (κ1) is 13.7. The van der Waals surface area contributed by atoms with Gasteiger partial charge in [-0.1, -0.05) is 45.9 Å². The molecule has 2 rings (SSSR count). The molecule has 1 aromatic heterocycles. The zero-order chi connectivity index (χ0) is 14.2. The summed E-state index contributed by atoms with van der Waals surface area (Å²) < 4.78 is 1.72. The third kappa shape index (κ3) is 2.50. The highest BCUT2D eigenvalue weighted by Gasteiger charge is 2.15. The van der Waals surface area contributed by atoms with Crippen LogP contribution in [0.25, 0.3) is 11.1 Å². The summed E-state index contributed by atoms with van der Waals surface area (Å²) in [5.41, 5.74) is 11.0. The van der Waals surface area contributed by atoms with Crippen LogP contribution in [0.4, 0.5) is 5.82 Å². The lowest BCUT2D eigenvalue weighted by atomic mass is 9.89. The Morgan fingerprint density at radius 3 is 2.21 bits per heavy atom. The van der Waals surface area contributed by atoms with Gasteiger partial charge in [-0.05, 0) is 28.5 Å². The molecule has 0 unspecified atom stereocenters. The van der Waals surface area contributed by atoms with Crippen molar-refractivity contribution in [2.45, 2.75) is 39.5 Å². The fourth-order valence-electron chi connectivity index (χ4n) is 2.32. The molecule has 3 nitrogen and oxygen atoms in total. The topological polar surface area (TPSA) is 43.8 Å². The van der Waals surface area contributed by atoms with E-state index in [1.54, 1.807) is 4.68 Å².